The molecular formula is C12H15N5O2. The van der Waals surface area contributed by atoms with E-state index in [9.17, 15) is 4.79 Å². The van der Waals surface area contributed by atoms with Crippen molar-refractivity contribution in [3.63, 3.8) is 0 Å². The second kappa shape index (κ2) is 4.49. The van der Waals surface area contributed by atoms with Crippen molar-refractivity contribution in [2.45, 2.75) is 32.2 Å². The monoisotopic (exact) mass is 261 g/mol. The van der Waals surface area contributed by atoms with Crippen LogP contribution in [0, 0.1) is 6.92 Å². The molecule has 0 radical (unpaired) electrons. The van der Waals surface area contributed by atoms with Gasteiger partial charge in [0.05, 0.1) is 6.54 Å². The number of amides is 1. The molecular weight excluding hydrogens is 246 g/mol. The SMILES string of the molecule is Cc1cc(CN(C)C(=O)c2n[nH]c(C3CC3)n2)no1. The summed E-state index contributed by atoms with van der Waals surface area (Å²) in [6.45, 7) is 2.19. The lowest BCUT2D eigenvalue weighted by Gasteiger charge is -2.12. The molecule has 1 fully saturated rings. The van der Waals surface area contributed by atoms with E-state index in [1.165, 1.54) is 4.90 Å². The number of aromatic amines is 1. The summed E-state index contributed by atoms with van der Waals surface area (Å²) in [5, 5.41) is 10.7. The highest BCUT2D eigenvalue weighted by atomic mass is 16.5. The van der Waals surface area contributed by atoms with Gasteiger partial charge in [0.1, 0.15) is 17.3 Å². The fourth-order valence-electron chi connectivity index (χ4n) is 1.89. The minimum Gasteiger partial charge on any atom is -0.361 e. The normalized spacial score (nSPS) is 14.6. The Bertz CT molecular complexity index is 599. The molecule has 0 spiro atoms. The highest BCUT2D eigenvalue weighted by molar-refractivity contribution is 5.90. The Morgan fingerprint density at radius 1 is 1.58 bits per heavy atom. The van der Waals surface area contributed by atoms with Crippen molar-refractivity contribution >= 4 is 5.91 Å². The number of H-pyrrole nitrogens is 1. The van der Waals surface area contributed by atoms with Crippen LogP contribution < -0.4 is 0 Å². The summed E-state index contributed by atoms with van der Waals surface area (Å²) in [6, 6.07) is 1.80. The van der Waals surface area contributed by atoms with Gasteiger partial charge in [-0.15, -0.1) is 5.10 Å². The van der Waals surface area contributed by atoms with Gasteiger partial charge >= 0.3 is 0 Å². The number of aromatic nitrogens is 4. The fraction of sp³-hybridized carbons (Fsp3) is 0.500. The van der Waals surface area contributed by atoms with Gasteiger partial charge in [0, 0.05) is 19.0 Å². The van der Waals surface area contributed by atoms with Gasteiger partial charge in [-0.25, -0.2) is 4.98 Å². The lowest BCUT2D eigenvalue weighted by molar-refractivity contribution is 0.0770. The van der Waals surface area contributed by atoms with Crippen molar-refractivity contribution in [3.8, 4) is 0 Å². The summed E-state index contributed by atoms with van der Waals surface area (Å²) >= 11 is 0. The Balaban J connectivity index is 1.67. The standard InChI is InChI=1S/C12H15N5O2/c1-7-5-9(16-19-7)6-17(2)12(18)11-13-10(14-15-11)8-3-4-8/h5,8H,3-4,6H2,1-2H3,(H,13,14,15). The predicted molar refractivity (Wildman–Crippen MR) is 65.4 cm³/mol. The molecule has 3 rings (SSSR count). The van der Waals surface area contributed by atoms with Crippen LogP contribution in [0.15, 0.2) is 10.6 Å². The first-order valence-electron chi connectivity index (χ1n) is 6.23. The summed E-state index contributed by atoms with van der Waals surface area (Å²) in [4.78, 5) is 17.9. The first-order chi connectivity index (χ1) is 9.13. The number of hydrogen-bond donors (Lipinski definition) is 1. The van der Waals surface area contributed by atoms with E-state index in [-0.39, 0.29) is 11.7 Å². The molecule has 7 heteroatoms. The van der Waals surface area contributed by atoms with Crippen LogP contribution in [0.2, 0.25) is 0 Å². The van der Waals surface area contributed by atoms with Crippen molar-refractivity contribution in [2.24, 2.45) is 0 Å². The summed E-state index contributed by atoms with van der Waals surface area (Å²) in [5.41, 5.74) is 0.714. The van der Waals surface area contributed by atoms with E-state index < -0.39 is 0 Å². The minimum atomic E-state index is -0.219. The van der Waals surface area contributed by atoms with E-state index in [0.29, 0.717) is 18.2 Å². The fourth-order valence-corrected chi connectivity index (χ4v) is 1.89. The molecule has 2 aromatic rings. The van der Waals surface area contributed by atoms with Gasteiger partial charge in [-0.3, -0.25) is 9.89 Å². The van der Waals surface area contributed by atoms with Gasteiger partial charge in [-0.1, -0.05) is 5.16 Å². The third kappa shape index (κ3) is 2.49. The largest absolute Gasteiger partial charge is 0.361 e. The van der Waals surface area contributed by atoms with Gasteiger partial charge in [-0.05, 0) is 19.8 Å². The molecule has 1 aliphatic rings. The molecule has 1 N–H and O–H groups in total. The van der Waals surface area contributed by atoms with E-state index >= 15 is 0 Å². The average molecular weight is 261 g/mol. The third-order valence-electron chi connectivity index (χ3n) is 3.08. The highest BCUT2D eigenvalue weighted by Gasteiger charge is 2.28. The Kier molecular flexibility index (Phi) is 2.81. The number of carbonyl (C=O) groups is 1. The Labute approximate surface area is 110 Å². The van der Waals surface area contributed by atoms with E-state index in [1.54, 1.807) is 13.1 Å². The van der Waals surface area contributed by atoms with Crippen molar-refractivity contribution in [1.82, 2.24) is 25.2 Å². The molecule has 0 unspecified atom stereocenters. The Morgan fingerprint density at radius 3 is 3.00 bits per heavy atom. The van der Waals surface area contributed by atoms with Crippen molar-refractivity contribution in [1.29, 1.82) is 0 Å². The Hall–Kier alpha value is -2.18. The topological polar surface area (TPSA) is 87.9 Å². The molecule has 0 saturated heterocycles. The molecule has 0 aliphatic heterocycles. The van der Waals surface area contributed by atoms with Crippen molar-refractivity contribution in [2.75, 3.05) is 7.05 Å². The maximum atomic E-state index is 12.1. The van der Waals surface area contributed by atoms with E-state index in [2.05, 4.69) is 20.3 Å². The number of hydrogen-bond acceptors (Lipinski definition) is 5. The maximum Gasteiger partial charge on any atom is 0.293 e. The summed E-state index contributed by atoms with van der Waals surface area (Å²) < 4.78 is 4.97. The van der Waals surface area contributed by atoms with Gasteiger partial charge in [0.2, 0.25) is 5.82 Å². The maximum absolute atomic E-state index is 12.1. The molecule has 1 amide bonds. The van der Waals surface area contributed by atoms with Crippen LogP contribution in [0.3, 0.4) is 0 Å². The van der Waals surface area contributed by atoms with E-state index in [4.69, 9.17) is 4.52 Å². The van der Waals surface area contributed by atoms with Crippen LogP contribution in [0.1, 0.15) is 46.7 Å². The molecule has 7 nitrogen and oxygen atoms in total. The Morgan fingerprint density at radius 2 is 2.37 bits per heavy atom. The molecule has 2 aromatic heterocycles. The van der Waals surface area contributed by atoms with Gasteiger partial charge in [-0.2, -0.15) is 0 Å². The van der Waals surface area contributed by atoms with Gasteiger partial charge < -0.3 is 9.42 Å². The minimum absolute atomic E-state index is 0.213. The lowest BCUT2D eigenvalue weighted by atomic mass is 10.3. The summed E-state index contributed by atoms with van der Waals surface area (Å²) in [5.74, 6) is 1.99. The van der Waals surface area contributed by atoms with Crippen LogP contribution >= 0.6 is 0 Å². The highest BCUT2D eigenvalue weighted by Crippen LogP contribution is 2.37. The predicted octanol–water partition coefficient (Wildman–Crippen LogP) is 1.25. The number of nitrogens with zero attached hydrogens (tertiary/aromatic N) is 4. The lowest BCUT2D eigenvalue weighted by Crippen LogP contribution is -2.27. The summed E-state index contributed by atoms with van der Waals surface area (Å²) in [6.07, 6.45) is 2.24. The van der Waals surface area contributed by atoms with Crippen molar-refractivity contribution < 1.29 is 9.32 Å². The number of aryl methyl sites for hydroxylation is 1. The van der Waals surface area contributed by atoms with Crippen LogP contribution in [0.4, 0.5) is 0 Å². The average Bonchev–Trinajstić information content (AvgIpc) is 2.98. The van der Waals surface area contributed by atoms with Crippen LogP contribution in [0.5, 0.6) is 0 Å². The first-order valence-corrected chi connectivity index (χ1v) is 6.23. The molecule has 1 aliphatic carbocycles. The van der Waals surface area contributed by atoms with Crippen LogP contribution in [0.25, 0.3) is 0 Å². The van der Waals surface area contributed by atoms with E-state index in [0.717, 1.165) is 24.4 Å². The molecule has 0 bridgehead atoms. The van der Waals surface area contributed by atoms with Gasteiger partial charge in [0.25, 0.3) is 5.91 Å². The molecule has 19 heavy (non-hydrogen) atoms. The molecule has 2 heterocycles. The second-order valence-electron chi connectivity index (χ2n) is 4.91. The van der Waals surface area contributed by atoms with E-state index in [1.807, 2.05) is 6.92 Å². The second-order valence-corrected chi connectivity index (χ2v) is 4.91. The first kappa shape index (κ1) is 11.9. The van der Waals surface area contributed by atoms with Crippen molar-refractivity contribution in [3.05, 3.63) is 29.2 Å². The zero-order valence-corrected chi connectivity index (χ0v) is 10.9. The summed E-state index contributed by atoms with van der Waals surface area (Å²) in [7, 11) is 1.69. The molecule has 1 saturated carbocycles. The number of carbonyl (C=O) groups excluding carboxylic acids is 1. The zero-order chi connectivity index (χ0) is 13.4. The smallest absolute Gasteiger partial charge is 0.293 e. The molecule has 0 atom stereocenters. The number of rotatable bonds is 4. The molecule has 100 valence electrons. The number of nitrogens with one attached hydrogen (secondary N) is 1. The van der Waals surface area contributed by atoms with Gasteiger partial charge in [0.15, 0.2) is 0 Å². The van der Waals surface area contributed by atoms with Crippen LogP contribution in [-0.4, -0.2) is 38.2 Å². The third-order valence-corrected chi connectivity index (χ3v) is 3.08. The molecule has 0 aromatic carbocycles. The zero-order valence-electron chi connectivity index (χ0n) is 10.9. The van der Waals surface area contributed by atoms with Crippen LogP contribution in [-0.2, 0) is 6.54 Å². The quantitative estimate of drug-likeness (QED) is 0.894.